The van der Waals surface area contributed by atoms with Gasteiger partial charge >= 0.3 is 0 Å². The minimum atomic E-state index is 0.523. The Morgan fingerprint density at radius 1 is 1.54 bits per heavy atom. The van der Waals surface area contributed by atoms with Crippen molar-refractivity contribution in [3.8, 4) is 0 Å². The quantitative estimate of drug-likeness (QED) is 0.771. The Kier molecular flexibility index (Phi) is 3.34. The van der Waals surface area contributed by atoms with Gasteiger partial charge in [0.1, 0.15) is 0 Å². The first-order chi connectivity index (χ1) is 6.19. The molecule has 1 aromatic rings. The van der Waals surface area contributed by atoms with E-state index >= 15 is 0 Å². The average molecular weight is 181 g/mol. The fourth-order valence-corrected chi connectivity index (χ4v) is 1.37. The molecule has 1 heterocycles. The first-order valence-corrected chi connectivity index (χ1v) is 4.96. The first-order valence-electron chi connectivity index (χ1n) is 4.96. The highest BCUT2D eigenvalue weighted by Crippen LogP contribution is 2.15. The Bertz CT molecular complexity index is 265. The van der Waals surface area contributed by atoms with Crippen LogP contribution in [0.1, 0.15) is 32.9 Å². The molecule has 1 aromatic heterocycles. The molecule has 0 bridgehead atoms. The second-order valence-electron chi connectivity index (χ2n) is 3.44. The van der Waals surface area contributed by atoms with E-state index in [1.165, 1.54) is 11.4 Å². The predicted molar refractivity (Wildman–Crippen MR) is 56.0 cm³/mol. The van der Waals surface area contributed by atoms with Crippen LogP contribution in [0.2, 0.25) is 0 Å². The van der Waals surface area contributed by atoms with Crippen LogP contribution in [0.3, 0.4) is 0 Å². The molecule has 0 aromatic carbocycles. The van der Waals surface area contributed by atoms with Gasteiger partial charge in [0.25, 0.3) is 0 Å². The van der Waals surface area contributed by atoms with Gasteiger partial charge in [0.05, 0.1) is 17.6 Å². The van der Waals surface area contributed by atoms with Crippen LogP contribution in [0.15, 0.2) is 6.20 Å². The lowest BCUT2D eigenvalue weighted by Crippen LogP contribution is -2.14. The largest absolute Gasteiger partial charge is 0.380 e. The summed E-state index contributed by atoms with van der Waals surface area (Å²) >= 11 is 0. The molecule has 74 valence electrons. The molecule has 0 saturated heterocycles. The van der Waals surface area contributed by atoms with Gasteiger partial charge in [0, 0.05) is 13.1 Å². The van der Waals surface area contributed by atoms with E-state index in [0.29, 0.717) is 6.04 Å². The molecule has 1 atom stereocenters. The second kappa shape index (κ2) is 4.30. The topological polar surface area (TPSA) is 29.9 Å². The van der Waals surface area contributed by atoms with E-state index in [0.717, 1.165) is 12.8 Å². The summed E-state index contributed by atoms with van der Waals surface area (Å²) in [6.45, 7) is 6.52. The van der Waals surface area contributed by atoms with E-state index in [1.54, 1.807) is 0 Å². The lowest BCUT2D eigenvalue weighted by molar-refractivity contribution is 0.715. The second-order valence-corrected chi connectivity index (χ2v) is 3.44. The lowest BCUT2D eigenvalue weighted by atomic mass is 10.2. The Morgan fingerprint density at radius 2 is 2.23 bits per heavy atom. The standard InChI is InChI=1S/C10H19N3/c1-5-8(3)12-9-7-11-13(4)10(9)6-2/h7-8,12H,5-6H2,1-4H3. The fourth-order valence-electron chi connectivity index (χ4n) is 1.37. The Labute approximate surface area is 80.1 Å². The molecule has 1 N–H and O–H groups in total. The average Bonchev–Trinajstić information content (AvgIpc) is 2.46. The van der Waals surface area contributed by atoms with Crippen molar-refractivity contribution in [2.45, 2.75) is 39.7 Å². The maximum atomic E-state index is 4.23. The summed E-state index contributed by atoms with van der Waals surface area (Å²) in [5.41, 5.74) is 2.46. The molecule has 1 unspecified atom stereocenters. The molecule has 0 fully saturated rings. The predicted octanol–water partition coefficient (Wildman–Crippen LogP) is 2.19. The van der Waals surface area contributed by atoms with Crippen molar-refractivity contribution in [2.24, 2.45) is 7.05 Å². The van der Waals surface area contributed by atoms with E-state index in [9.17, 15) is 0 Å². The minimum Gasteiger partial charge on any atom is -0.380 e. The van der Waals surface area contributed by atoms with Crippen molar-refractivity contribution in [1.29, 1.82) is 0 Å². The molecule has 0 radical (unpaired) electrons. The Morgan fingerprint density at radius 3 is 2.77 bits per heavy atom. The van der Waals surface area contributed by atoms with Crippen LogP contribution in [0, 0.1) is 0 Å². The van der Waals surface area contributed by atoms with Crippen LogP contribution in [0.4, 0.5) is 5.69 Å². The van der Waals surface area contributed by atoms with Gasteiger partial charge in [-0.25, -0.2) is 0 Å². The third kappa shape index (κ3) is 2.23. The summed E-state index contributed by atoms with van der Waals surface area (Å²) in [4.78, 5) is 0. The number of aromatic nitrogens is 2. The van der Waals surface area contributed by atoms with Gasteiger partial charge in [-0.15, -0.1) is 0 Å². The smallest absolute Gasteiger partial charge is 0.0760 e. The normalized spacial score (nSPS) is 12.9. The molecule has 0 aliphatic rings. The molecule has 3 heteroatoms. The van der Waals surface area contributed by atoms with Gasteiger partial charge in [-0.05, 0) is 19.8 Å². The van der Waals surface area contributed by atoms with Crippen LogP contribution in [-0.2, 0) is 13.5 Å². The monoisotopic (exact) mass is 181 g/mol. The third-order valence-corrected chi connectivity index (χ3v) is 2.41. The van der Waals surface area contributed by atoms with Gasteiger partial charge in [-0.3, -0.25) is 4.68 Å². The van der Waals surface area contributed by atoms with E-state index in [-0.39, 0.29) is 0 Å². The van der Waals surface area contributed by atoms with Gasteiger partial charge in [0.2, 0.25) is 0 Å². The summed E-state index contributed by atoms with van der Waals surface area (Å²) in [6.07, 6.45) is 4.07. The molecule has 3 nitrogen and oxygen atoms in total. The molecule has 0 saturated carbocycles. The highest BCUT2D eigenvalue weighted by atomic mass is 15.3. The number of nitrogens with zero attached hydrogens (tertiary/aromatic N) is 2. The highest BCUT2D eigenvalue weighted by Gasteiger charge is 2.07. The van der Waals surface area contributed by atoms with Crippen molar-refractivity contribution in [3.05, 3.63) is 11.9 Å². The van der Waals surface area contributed by atoms with Crippen molar-refractivity contribution in [2.75, 3.05) is 5.32 Å². The first kappa shape index (κ1) is 10.1. The maximum absolute atomic E-state index is 4.23. The zero-order chi connectivity index (χ0) is 9.84. The third-order valence-electron chi connectivity index (χ3n) is 2.41. The SMILES string of the molecule is CCc1c(NC(C)CC)cnn1C. The molecule has 0 aliphatic carbocycles. The van der Waals surface area contributed by atoms with Crippen LogP contribution in [0.5, 0.6) is 0 Å². The molecular formula is C10H19N3. The van der Waals surface area contributed by atoms with Crippen molar-refractivity contribution < 1.29 is 0 Å². The number of aryl methyl sites for hydroxylation is 1. The fraction of sp³-hybridized carbons (Fsp3) is 0.700. The molecular weight excluding hydrogens is 162 g/mol. The number of anilines is 1. The minimum absolute atomic E-state index is 0.523. The van der Waals surface area contributed by atoms with E-state index in [4.69, 9.17) is 0 Å². The van der Waals surface area contributed by atoms with Gasteiger partial charge in [-0.1, -0.05) is 13.8 Å². The molecule has 0 amide bonds. The van der Waals surface area contributed by atoms with Gasteiger partial charge in [-0.2, -0.15) is 5.10 Å². The number of hydrogen-bond acceptors (Lipinski definition) is 2. The maximum Gasteiger partial charge on any atom is 0.0760 e. The van der Waals surface area contributed by atoms with Crippen LogP contribution in [-0.4, -0.2) is 15.8 Å². The molecule has 13 heavy (non-hydrogen) atoms. The summed E-state index contributed by atoms with van der Waals surface area (Å²) in [6, 6.07) is 0.523. The van der Waals surface area contributed by atoms with Crippen LogP contribution in [0.25, 0.3) is 0 Å². The summed E-state index contributed by atoms with van der Waals surface area (Å²) in [5, 5.41) is 7.68. The Balaban J connectivity index is 2.76. The van der Waals surface area contributed by atoms with Crippen molar-refractivity contribution >= 4 is 5.69 Å². The van der Waals surface area contributed by atoms with Crippen molar-refractivity contribution in [3.63, 3.8) is 0 Å². The highest BCUT2D eigenvalue weighted by molar-refractivity contribution is 5.47. The molecule has 0 aliphatic heterocycles. The van der Waals surface area contributed by atoms with E-state index in [1.807, 2.05) is 17.9 Å². The van der Waals surface area contributed by atoms with Gasteiger partial charge < -0.3 is 5.32 Å². The molecule has 1 rings (SSSR count). The number of nitrogens with one attached hydrogen (secondary N) is 1. The van der Waals surface area contributed by atoms with Crippen LogP contribution < -0.4 is 5.32 Å². The number of hydrogen-bond donors (Lipinski definition) is 1. The van der Waals surface area contributed by atoms with Crippen LogP contribution >= 0.6 is 0 Å². The van der Waals surface area contributed by atoms with E-state index < -0.39 is 0 Å². The molecule has 0 spiro atoms. The lowest BCUT2D eigenvalue weighted by Gasteiger charge is -2.12. The van der Waals surface area contributed by atoms with E-state index in [2.05, 4.69) is 31.2 Å². The van der Waals surface area contributed by atoms with Crippen molar-refractivity contribution in [1.82, 2.24) is 9.78 Å². The summed E-state index contributed by atoms with van der Waals surface area (Å²) in [7, 11) is 1.99. The Hall–Kier alpha value is -0.990. The summed E-state index contributed by atoms with van der Waals surface area (Å²) < 4.78 is 1.94. The number of rotatable bonds is 4. The zero-order valence-electron chi connectivity index (χ0n) is 8.96. The zero-order valence-corrected chi connectivity index (χ0v) is 8.96. The summed E-state index contributed by atoms with van der Waals surface area (Å²) in [5.74, 6) is 0. The van der Waals surface area contributed by atoms with Gasteiger partial charge in [0.15, 0.2) is 0 Å².